The number of hydrogen-bond acceptors (Lipinski definition) is 20. The summed E-state index contributed by atoms with van der Waals surface area (Å²) < 4.78 is 65.1. The lowest BCUT2D eigenvalue weighted by molar-refractivity contribution is -0.163. The van der Waals surface area contributed by atoms with E-state index in [1.165, 1.54) is 18.2 Å². The van der Waals surface area contributed by atoms with Crippen molar-refractivity contribution < 1.29 is 85.7 Å². The fraction of sp³-hybridized carbons (Fsp3) is 0.500. The number of benzene rings is 4. The van der Waals surface area contributed by atoms with Gasteiger partial charge in [0.2, 0.25) is 29.4 Å². The number of imide groups is 2. The van der Waals surface area contributed by atoms with Crippen molar-refractivity contribution in [1.82, 2.24) is 30.1 Å². The van der Waals surface area contributed by atoms with E-state index in [0.717, 1.165) is 66.5 Å². The first-order valence-corrected chi connectivity index (χ1v) is 30.9. The predicted octanol–water partition coefficient (Wildman–Crippen LogP) is 6.97. The molecule has 5 aromatic rings. The van der Waals surface area contributed by atoms with Crippen molar-refractivity contribution in [2.75, 3.05) is 100 Å². The number of fused-ring (bicyclic) bond motifs is 1. The van der Waals surface area contributed by atoms with Gasteiger partial charge in [-0.25, -0.2) is 9.48 Å². The maximum atomic E-state index is 15.2. The summed E-state index contributed by atoms with van der Waals surface area (Å²) in [5, 5.41) is 13.3. The molecule has 1 saturated carbocycles. The van der Waals surface area contributed by atoms with Crippen LogP contribution in [0, 0.1) is 5.92 Å². The zero-order valence-corrected chi connectivity index (χ0v) is 52.2. The molecule has 0 bridgehead atoms. The van der Waals surface area contributed by atoms with E-state index < -0.39 is 59.6 Å². The molecule has 0 radical (unpaired) electrons. The van der Waals surface area contributed by atoms with Gasteiger partial charge in [0.1, 0.15) is 42.8 Å². The van der Waals surface area contributed by atoms with Crippen LogP contribution < -0.4 is 39.1 Å². The number of methoxy groups -OCH3 is 5. The summed E-state index contributed by atoms with van der Waals surface area (Å²) in [7, 11) is 7.86. The van der Waals surface area contributed by atoms with E-state index in [9.17, 15) is 28.8 Å². The van der Waals surface area contributed by atoms with Gasteiger partial charge in [0.25, 0.3) is 11.8 Å². The minimum Gasteiger partial charge on any atom is -0.493 e. The lowest BCUT2D eigenvalue weighted by Gasteiger charge is -2.40. The van der Waals surface area contributed by atoms with Crippen molar-refractivity contribution in [3.63, 3.8) is 0 Å². The molecule has 9 rings (SSSR count). The van der Waals surface area contributed by atoms with Crippen molar-refractivity contribution in [2.45, 2.75) is 114 Å². The molecule has 25 nitrogen and oxygen atoms in total. The maximum absolute atomic E-state index is 15.2. The van der Waals surface area contributed by atoms with Gasteiger partial charge in [0.15, 0.2) is 23.0 Å². The van der Waals surface area contributed by atoms with Gasteiger partial charge in [-0.3, -0.25) is 39.0 Å². The van der Waals surface area contributed by atoms with Crippen molar-refractivity contribution in [2.24, 2.45) is 5.92 Å². The Balaban J connectivity index is 0.717. The molecule has 3 unspecified atom stereocenters. The molecule has 3 aliphatic heterocycles. The fourth-order valence-electron chi connectivity index (χ4n) is 12.1. The average molecular weight is 1260 g/mol. The molecular weight excluding hydrogens is 1180 g/mol. The zero-order chi connectivity index (χ0) is 64.2. The SMILES string of the molecule is COc1ccc(CCC(OC(=O)[C@@H]2CCCCN2C(=O)C(c2cc(OC)c(OC)c(OC)c2)C2CCCCC2)c2cccc(OCc3cn(CCOCCOCCOCCOCC(=O)Nc4cccc5c4C(=O)N(C4CCC(=O)NC4=O)C5=O)nn3)c2)cc1OC. The third-order valence-electron chi connectivity index (χ3n) is 16.7. The van der Waals surface area contributed by atoms with E-state index in [1.54, 1.807) is 51.3 Å². The van der Waals surface area contributed by atoms with E-state index >= 15 is 4.79 Å². The lowest BCUT2D eigenvalue weighted by atomic mass is 9.75. The highest BCUT2D eigenvalue weighted by atomic mass is 16.6. The Kier molecular flexibility index (Phi) is 24.1. The van der Waals surface area contributed by atoms with Gasteiger partial charge in [-0.15, -0.1) is 5.10 Å². The molecule has 4 heterocycles. The number of amides is 6. The zero-order valence-electron chi connectivity index (χ0n) is 52.2. The number of carbonyl (C=O) groups is 7. The van der Waals surface area contributed by atoms with Crippen LogP contribution in [0.4, 0.5) is 5.69 Å². The highest BCUT2D eigenvalue weighted by Gasteiger charge is 2.46. The Morgan fingerprint density at radius 3 is 2.08 bits per heavy atom. The van der Waals surface area contributed by atoms with Crippen LogP contribution in [-0.2, 0) is 67.2 Å². The van der Waals surface area contributed by atoms with E-state index in [-0.39, 0.29) is 74.5 Å². The smallest absolute Gasteiger partial charge is 0.329 e. The Morgan fingerprint density at radius 2 is 1.37 bits per heavy atom. The molecule has 6 amide bonds. The van der Waals surface area contributed by atoms with Crippen LogP contribution in [0.25, 0.3) is 0 Å². The van der Waals surface area contributed by atoms with Crippen LogP contribution in [-0.4, -0.2) is 173 Å². The van der Waals surface area contributed by atoms with E-state index in [2.05, 4.69) is 20.9 Å². The minimum atomic E-state index is -1.13. The molecule has 488 valence electrons. The summed E-state index contributed by atoms with van der Waals surface area (Å²) in [4.78, 5) is 95.8. The summed E-state index contributed by atoms with van der Waals surface area (Å²) in [6, 6.07) is 19.4. The largest absolute Gasteiger partial charge is 0.493 e. The highest BCUT2D eigenvalue weighted by molar-refractivity contribution is 6.26. The third kappa shape index (κ3) is 17.0. The van der Waals surface area contributed by atoms with Crippen LogP contribution in [0.2, 0.25) is 0 Å². The van der Waals surface area contributed by atoms with Gasteiger partial charge in [0.05, 0.1) is 117 Å². The van der Waals surface area contributed by atoms with E-state index in [1.807, 2.05) is 54.6 Å². The summed E-state index contributed by atoms with van der Waals surface area (Å²) in [6.07, 6.45) is 8.90. The topological polar surface area (TPSA) is 282 Å². The number of hydrogen-bond donors (Lipinski definition) is 2. The fourth-order valence-corrected chi connectivity index (χ4v) is 12.1. The number of rotatable bonds is 33. The molecule has 25 heteroatoms. The van der Waals surface area contributed by atoms with E-state index in [4.69, 9.17) is 52.1 Å². The van der Waals surface area contributed by atoms with Crippen LogP contribution in [0.5, 0.6) is 34.5 Å². The van der Waals surface area contributed by atoms with Crippen LogP contribution in [0.1, 0.15) is 126 Å². The normalized spacial score (nSPS) is 17.4. The number of aromatic nitrogens is 3. The van der Waals surface area contributed by atoms with Crippen molar-refractivity contribution in [1.29, 1.82) is 0 Å². The standard InChI is InChI=1S/C66H81N7O18/c1-81-53-24-21-42(35-54(53)82-2)20-23-52(91-66(80)51-19-9-10-26-72(51)64(78)59(43-13-7-6-8-14-43)45-37-55(83-3)61(85-5)56(38-45)84-4)44-15-11-16-47(36-44)90-40-46-39-71(70-69-46)27-28-86-29-30-87-31-32-88-33-34-89-41-58(75)67-49-18-12-17-48-60(49)65(79)73(63(48)77)50-22-25-57(74)68-62(50)76/h11-12,15-18,21,24,35-39,43,50-52,59H,6-10,13-14,19-20,22-23,25-34,40-41H2,1-5H3,(H,67,75)(H,68,74,76)/t50?,51-,52?,59?/m0/s1. The monoisotopic (exact) mass is 1260 g/mol. The maximum Gasteiger partial charge on any atom is 0.329 e. The lowest BCUT2D eigenvalue weighted by Crippen LogP contribution is -2.54. The summed E-state index contributed by atoms with van der Waals surface area (Å²) in [6.45, 7) is 2.50. The van der Waals surface area contributed by atoms with Crippen molar-refractivity contribution in [3.8, 4) is 34.5 Å². The summed E-state index contributed by atoms with van der Waals surface area (Å²) in [5.74, 6) is -1.13. The average Bonchev–Trinajstić information content (AvgIpc) is 1.67. The molecule has 0 spiro atoms. The first-order chi connectivity index (χ1) is 44.3. The number of esters is 1. The molecule has 2 saturated heterocycles. The molecule has 1 aromatic heterocycles. The highest BCUT2D eigenvalue weighted by Crippen LogP contribution is 2.45. The third-order valence-corrected chi connectivity index (χ3v) is 16.7. The van der Waals surface area contributed by atoms with Crippen molar-refractivity contribution in [3.05, 3.63) is 113 Å². The number of piperidine rings is 2. The Labute approximate surface area is 528 Å². The number of anilines is 1. The first kappa shape index (κ1) is 66.8. The van der Waals surface area contributed by atoms with Gasteiger partial charge >= 0.3 is 5.97 Å². The second-order valence-corrected chi connectivity index (χ2v) is 22.5. The summed E-state index contributed by atoms with van der Waals surface area (Å²) >= 11 is 0. The Morgan fingerprint density at radius 1 is 0.681 bits per heavy atom. The molecule has 4 aromatic carbocycles. The van der Waals surface area contributed by atoms with Crippen molar-refractivity contribution >= 4 is 47.1 Å². The minimum absolute atomic E-state index is 0.00965. The predicted molar refractivity (Wildman–Crippen MR) is 327 cm³/mol. The number of likely N-dealkylation sites (tertiary alicyclic amines) is 1. The number of aryl methyl sites for hydroxylation is 1. The van der Waals surface area contributed by atoms with Gasteiger partial charge in [-0.1, -0.05) is 48.7 Å². The molecule has 4 atom stereocenters. The summed E-state index contributed by atoms with van der Waals surface area (Å²) in [5.41, 5.74) is 3.15. The molecule has 2 N–H and O–H groups in total. The molecular formula is C66H81N7O18. The van der Waals surface area contributed by atoms with Crippen LogP contribution >= 0.6 is 0 Å². The quantitative estimate of drug-likeness (QED) is 0.0244. The van der Waals surface area contributed by atoms with Crippen LogP contribution in [0.15, 0.2) is 79.0 Å². The van der Waals surface area contributed by atoms with Gasteiger partial charge in [0, 0.05) is 13.0 Å². The van der Waals surface area contributed by atoms with Gasteiger partial charge in [-0.05, 0) is 123 Å². The first-order valence-electron chi connectivity index (χ1n) is 30.9. The Hall–Kier alpha value is -8.65. The number of carbonyl (C=O) groups excluding carboxylic acids is 7. The van der Waals surface area contributed by atoms with Gasteiger partial charge in [-0.2, -0.15) is 0 Å². The van der Waals surface area contributed by atoms with Crippen LogP contribution in [0.3, 0.4) is 0 Å². The number of ether oxygens (including phenoxy) is 11. The van der Waals surface area contributed by atoms with Gasteiger partial charge < -0.3 is 62.3 Å². The molecule has 4 aliphatic rings. The Bertz CT molecular complexity index is 3320. The molecule has 3 fully saturated rings. The second-order valence-electron chi connectivity index (χ2n) is 22.5. The molecule has 91 heavy (non-hydrogen) atoms. The number of nitrogens with zero attached hydrogens (tertiary/aromatic N) is 5. The number of nitrogens with one attached hydrogen (secondary N) is 2. The second kappa shape index (κ2) is 32.9. The molecule has 1 aliphatic carbocycles. The van der Waals surface area contributed by atoms with E-state index in [0.29, 0.717) is 99.0 Å².